The molecule has 2 aromatic heterocycles. The van der Waals surface area contributed by atoms with E-state index in [-0.39, 0.29) is 18.3 Å². The Morgan fingerprint density at radius 3 is 2.18 bits per heavy atom. The van der Waals surface area contributed by atoms with E-state index in [1.54, 1.807) is 0 Å². The average molecular weight is 514 g/mol. The van der Waals surface area contributed by atoms with E-state index in [1.807, 2.05) is 11.8 Å². The number of hydrogen-bond donors (Lipinski definition) is 0. The largest absolute Gasteiger partial charge is 0.494 e. The molecule has 0 amide bonds. The minimum Gasteiger partial charge on any atom is -0.399 e. The summed E-state index contributed by atoms with van der Waals surface area (Å²) in [6, 6.07) is 32.8. The van der Waals surface area contributed by atoms with Crippen LogP contribution in [0.2, 0.25) is 0 Å². The van der Waals surface area contributed by atoms with Crippen molar-refractivity contribution in [2.45, 2.75) is 48.7 Å². The zero-order valence-electron chi connectivity index (χ0n) is 21.9. The second-order valence-corrected chi connectivity index (χ2v) is 12.4. The molecule has 0 N–H and O–H groups in total. The molecule has 6 heteroatoms. The lowest BCUT2D eigenvalue weighted by molar-refractivity contribution is 0.00578. The molecule has 1 fully saturated rings. The number of hydrogen-bond acceptors (Lipinski definition) is 3. The number of aromatic nitrogens is 2. The molecule has 8 rings (SSSR count). The van der Waals surface area contributed by atoms with Crippen LogP contribution in [0.1, 0.15) is 27.7 Å². The van der Waals surface area contributed by atoms with Gasteiger partial charge in [-0.15, -0.1) is 0 Å². The van der Waals surface area contributed by atoms with E-state index >= 15 is 0 Å². The van der Waals surface area contributed by atoms with Gasteiger partial charge in [-0.1, -0.05) is 66.4 Å². The number of nitrogens with zero attached hydrogens (tertiary/aromatic N) is 2. The molecular formula is C32H27BN2O2S. The van der Waals surface area contributed by atoms with Crippen LogP contribution in [0.25, 0.3) is 44.2 Å². The molecule has 0 atom stereocenters. The second-order valence-electron chi connectivity index (χ2n) is 11.3. The molecule has 2 aliphatic rings. The summed E-state index contributed by atoms with van der Waals surface area (Å²) >= 11 is 1.83. The molecule has 0 saturated carbocycles. The van der Waals surface area contributed by atoms with E-state index in [9.17, 15) is 0 Å². The molecule has 0 radical (unpaired) electrons. The predicted octanol–water partition coefficient (Wildman–Crippen LogP) is 7.49. The number of rotatable bonds is 2. The maximum Gasteiger partial charge on any atom is 0.494 e. The van der Waals surface area contributed by atoms with Gasteiger partial charge in [-0.3, -0.25) is 9.13 Å². The molecule has 1 saturated heterocycles. The molecule has 2 aliphatic heterocycles. The van der Waals surface area contributed by atoms with Crippen LogP contribution in [-0.2, 0) is 9.31 Å². The lowest BCUT2D eigenvalue weighted by atomic mass is 9.79. The summed E-state index contributed by atoms with van der Waals surface area (Å²) in [4.78, 5) is 2.47. The van der Waals surface area contributed by atoms with Gasteiger partial charge in [0.15, 0.2) is 0 Å². The van der Waals surface area contributed by atoms with Crippen LogP contribution in [0, 0.1) is 0 Å². The fraction of sp³-hybridized carbons (Fsp3) is 0.188. The molecule has 0 aliphatic carbocycles. The summed E-state index contributed by atoms with van der Waals surface area (Å²) in [5, 5.41) is 3.86. The molecule has 186 valence electrons. The highest BCUT2D eigenvalue weighted by Gasteiger charge is 2.51. The zero-order chi connectivity index (χ0) is 25.8. The molecule has 4 heterocycles. The number of benzene rings is 4. The lowest BCUT2D eigenvalue weighted by Crippen LogP contribution is -2.41. The van der Waals surface area contributed by atoms with Crippen LogP contribution in [-0.4, -0.2) is 27.5 Å². The van der Waals surface area contributed by atoms with E-state index in [1.165, 1.54) is 48.3 Å². The van der Waals surface area contributed by atoms with Gasteiger partial charge in [-0.2, -0.15) is 0 Å². The molecular weight excluding hydrogens is 487 g/mol. The molecule has 0 spiro atoms. The monoisotopic (exact) mass is 514 g/mol. The highest BCUT2D eigenvalue weighted by Crippen LogP contribution is 2.49. The smallest absolute Gasteiger partial charge is 0.399 e. The summed E-state index contributed by atoms with van der Waals surface area (Å²) in [5.41, 5.74) is 6.34. The quantitative estimate of drug-likeness (QED) is 0.224. The molecule has 0 bridgehead atoms. The molecule has 4 aromatic carbocycles. The molecule has 38 heavy (non-hydrogen) atoms. The normalized spacial score (nSPS) is 17.5. The van der Waals surface area contributed by atoms with Crippen molar-refractivity contribution in [2.75, 3.05) is 0 Å². The van der Waals surface area contributed by atoms with Crippen molar-refractivity contribution in [3.8, 4) is 11.4 Å². The van der Waals surface area contributed by atoms with Crippen LogP contribution >= 0.6 is 11.8 Å². The minimum atomic E-state index is -0.386. The van der Waals surface area contributed by atoms with Gasteiger partial charge >= 0.3 is 7.12 Å². The van der Waals surface area contributed by atoms with Crippen LogP contribution in [0.4, 0.5) is 0 Å². The van der Waals surface area contributed by atoms with Crippen molar-refractivity contribution < 1.29 is 9.31 Å². The highest BCUT2D eigenvalue weighted by atomic mass is 32.2. The van der Waals surface area contributed by atoms with Crippen molar-refractivity contribution >= 4 is 57.2 Å². The predicted molar refractivity (Wildman–Crippen MR) is 157 cm³/mol. The van der Waals surface area contributed by atoms with Gasteiger partial charge in [0.1, 0.15) is 5.65 Å². The van der Waals surface area contributed by atoms with Gasteiger partial charge in [0.2, 0.25) is 0 Å². The Morgan fingerprint density at radius 2 is 1.39 bits per heavy atom. The van der Waals surface area contributed by atoms with Crippen LogP contribution in [0.15, 0.2) is 101 Å². The molecule has 4 nitrogen and oxygen atoms in total. The third kappa shape index (κ3) is 2.91. The number of fused-ring (bicyclic) bond motifs is 7. The van der Waals surface area contributed by atoms with Gasteiger partial charge in [0.25, 0.3) is 0 Å². The average Bonchev–Trinajstić information content (AvgIpc) is 3.50. The van der Waals surface area contributed by atoms with Crippen LogP contribution < -0.4 is 5.46 Å². The first-order valence-corrected chi connectivity index (χ1v) is 14.0. The van der Waals surface area contributed by atoms with Gasteiger partial charge in [0.05, 0.1) is 27.9 Å². The SMILES string of the molecule is CC1(C)OB(c2ccc3c(c2)Sc2cccc4c5c6ccccc6n(-c6ccccc6)c5n-3c24)OC1(C)C. The van der Waals surface area contributed by atoms with E-state index in [2.05, 4.69) is 128 Å². The summed E-state index contributed by atoms with van der Waals surface area (Å²) in [5.74, 6) is 0. The zero-order valence-corrected chi connectivity index (χ0v) is 22.7. The maximum atomic E-state index is 6.40. The van der Waals surface area contributed by atoms with Crippen LogP contribution in [0.5, 0.6) is 0 Å². The van der Waals surface area contributed by atoms with E-state index in [0.717, 1.165) is 11.2 Å². The van der Waals surface area contributed by atoms with Gasteiger partial charge < -0.3 is 9.31 Å². The second kappa shape index (κ2) is 7.57. The summed E-state index contributed by atoms with van der Waals surface area (Å²) in [7, 11) is -0.386. The Kier molecular flexibility index (Phi) is 4.49. The first-order valence-electron chi connectivity index (χ1n) is 13.1. The minimum absolute atomic E-state index is 0.372. The Balaban J connectivity index is 1.43. The topological polar surface area (TPSA) is 28.3 Å². The van der Waals surface area contributed by atoms with Gasteiger partial charge in [0, 0.05) is 31.6 Å². The maximum absolute atomic E-state index is 6.40. The first kappa shape index (κ1) is 22.5. The van der Waals surface area contributed by atoms with Crippen molar-refractivity contribution in [2.24, 2.45) is 0 Å². The van der Waals surface area contributed by atoms with Crippen molar-refractivity contribution in [1.82, 2.24) is 9.13 Å². The third-order valence-electron chi connectivity index (χ3n) is 8.54. The van der Waals surface area contributed by atoms with Gasteiger partial charge in [-0.05, 0) is 69.6 Å². The summed E-state index contributed by atoms with van der Waals surface area (Å²) < 4.78 is 17.7. The fourth-order valence-corrected chi connectivity index (χ4v) is 7.10. The molecule has 0 unspecified atom stereocenters. The first-order chi connectivity index (χ1) is 18.3. The standard InChI is InChI=1S/C32H27BN2O2S/c1-31(2)32(3,4)37-33(36-31)20-17-18-25-27(19-20)38-26-16-10-14-23-28-22-13-8-9-15-24(22)34(21-11-6-5-7-12-21)30(28)35(25)29(23)26/h5-19H,1-4H3. The lowest BCUT2D eigenvalue weighted by Gasteiger charge is -2.32. The van der Waals surface area contributed by atoms with Gasteiger partial charge in [-0.25, -0.2) is 0 Å². The summed E-state index contributed by atoms with van der Waals surface area (Å²) in [6.07, 6.45) is 0. The Morgan fingerprint density at radius 1 is 0.684 bits per heavy atom. The van der Waals surface area contributed by atoms with E-state index in [0.29, 0.717) is 0 Å². The van der Waals surface area contributed by atoms with Crippen molar-refractivity contribution in [1.29, 1.82) is 0 Å². The Hall–Kier alpha value is -3.45. The third-order valence-corrected chi connectivity index (χ3v) is 9.63. The molecule has 6 aromatic rings. The fourth-order valence-electron chi connectivity index (χ4n) is 5.96. The van der Waals surface area contributed by atoms with Crippen LogP contribution in [0.3, 0.4) is 0 Å². The highest BCUT2D eigenvalue weighted by molar-refractivity contribution is 7.99. The van der Waals surface area contributed by atoms with E-state index < -0.39 is 0 Å². The van der Waals surface area contributed by atoms with Crippen molar-refractivity contribution in [3.63, 3.8) is 0 Å². The Labute approximate surface area is 226 Å². The number of para-hydroxylation sites is 3. The Bertz CT molecular complexity index is 1900. The summed E-state index contributed by atoms with van der Waals surface area (Å²) in [6.45, 7) is 8.41. The van der Waals surface area contributed by atoms with Crippen molar-refractivity contribution in [3.05, 3.63) is 91.0 Å². The van der Waals surface area contributed by atoms with E-state index in [4.69, 9.17) is 9.31 Å².